The van der Waals surface area contributed by atoms with Gasteiger partial charge >= 0.3 is 0 Å². The lowest BCUT2D eigenvalue weighted by atomic mass is 10.1. The molecule has 8 heteroatoms. The van der Waals surface area contributed by atoms with E-state index in [4.69, 9.17) is 28.9 Å². The highest BCUT2D eigenvalue weighted by atomic mass is 35.5. The zero-order valence-electron chi connectivity index (χ0n) is 12.8. The molecule has 1 saturated heterocycles. The van der Waals surface area contributed by atoms with Gasteiger partial charge < -0.3 is 15.6 Å². The number of nitrogens with one attached hydrogen (secondary N) is 1. The number of nitrogen functional groups attached to an aromatic ring is 1. The third-order valence-corrected chi connectivity index (χ3v) is 4.93. The molecule has 0 aliphatic carbocycles. The van der Waals surface area contributed by atoms with Crippen molar-refractivity contribution in [2.75, 3.05) is 18.8 Å². The van der Waals surface area contributed by atoms with Gasteiger partial charge in [0.1, 0.15) is 11.3 Å². The number of hydrogen-bond donors (Lipinski definition) is 2. The molecule has 4 rings (SSSR count). The van der Waals surface area contributed by atoms with E-state index >= 15 is 0 Å². The highest BCUT2D eigenvalue weighted by Crippen LogP contribution is 2.36. The van der Waals surface area contributed by atoms with Gasteiger partial charge in [0.15, 0.2) is 5.65 Å². The van der Waals surface area contributed by atoms with Crippen molar-refractivity contribution in [1.29, 1.82) is 0 Å². The van der Waals surface area contributed by atoms with Gasteiger partial charge in [-0.3, -0.25) is 0 Å². The maximum atomic E-state index is 6.40. The minimum Gasteiger partial charge on any atom is -0.368 e. The average Bonchev–Trinajstić information content (AvgIpc) is 3.17. The van der Waals surface area contributed by atoms with Crippen LogP contribution in [0.15, 0.2) is 24.4 Å². The second kappa shape index (κ2) is 6.20. The number of anilines is 1. The number of hydrogen-bond acceptors (Lipinski definition) is 5. The average molecular weight is 363 g/mol. The first-order valence-electron chi connectivity index (χ1n) is 7.77. The molecule has 1 atom stereocenters. The summed E-state index contributed by atoms with van der Waals surface area (Å²) in [5.41, 5.74) is 7.88. The molecule has 3 aromatic rings. The summed E-state index contributed by atoms with van der Waals surface area (Å²) in [6.07, 6.45) is 2.74. The first-order chi connectivity index (χ1) is 11.6. The van der Waals surface area contributed by atoms with Crippen molar-refractivity contribution in [2.45, 2.75) is 13.0 Å². The van der Waals surface area contributed by atoms with Gasteiger partial charge in [-0.15, -0.1) is 0 Å². The Hall–Kier alpha value is -1.89. The summed E-state index contributed by atoms with van der Waals surface area (Å²) in [7, 11) is 0. The van der Waals surface area contributed by atoms with Crippen LogP contribution in [0.25, 0.3) is 22.6 Å². The van der Waals surface area contributed by atoms with Crippen LogP contribution < -0.4 is 11.1 Å². The van der Waals surface area contributed by atoms with Crippen molar-refractivity contribution in [3.63, 3.8) is 0 Å². The molecule has 3 heterocycles. The topological polar surface area (TPSA) is 81.6 Å². The highest BCUT2D eigenvalue weighted by molar-refractivity contribution is 6.39. The number of halogens is 2. The van der Waals surface area contributed by atoms with Gasteiger partial charge in [0, 0.05) is 6.54 Å². The van der Waals surface area contributed by atoms with E-state index in [0.29, 0.717) is 38.5 Å². The van der Waals surface area contributed by atoms with Gasteiger partial charge in [-0.1, -0.05) is 29.3 Å². The maximum Gasteiger partial charge on any atom is 0.222 e. The molecule has 1 unspecified atom stereocenters. The molecule has 6 nitrogen and oxygen atoms in total. The standard InChI is InChI=1S/C16H16Cl2N6/c17-10-2-1-3-11(18)13(10)15-22-12-7-21-16(19)23-14(12)24(15)8-9-4-5-20-6-9/h1-3,7,9,20H,4-6,8H2,(H2,19,21,23). The van der Waals surface area contributed by atoms with E-state index < -0.39 is 0 Å². The van der Waals surface area contributed by atoms with Crippen LogP contribution in [-0.4, -0.2) is 32.6 Å². The molecular weight excluding hydrogens is 347 g/mol. The first-order valence-corrected chi connectivity index (χ1v) is 8.53. The summed E-state index contributed by atoms with van der Waals surface area (Å²) < 4.78 is 2.05. The molecule has 1 fully saturated rings. The zero-order valence-corrected chi connectivity index (χ0v) is 14.3. The van der Waals surface area contributed by atoms with Crippen LogP contribution in [0.3, 0.4) is 0 Å². The van der Waals surface area contributed by atoms with Gasteiger partial charge in [0.2, 0.25) is 5.95 Å². The van der Waals surface area contributed by atoms with Crippen molar-refractivity contribution >= 4 is 40.3 Å². The molecule has 1 aromatic carbocycles. The van der Waals surface area contributed by atoms with Crippen molar-refractivity contribution in [1.82, 2.24) is 24.8 Å². The van der Waals surface area contributed by atoms with Crippen LogP contribution >= 0.6 is 23.2 Å². The Morgan fingerprint density at radius 3 is 2.75 bits per heavy atom. The Morgan fingerprint density at radius 2 is 2.04 bits per heavy atom. The van der Waals surface area contributed by atoms with Crippen LogP contribution in [0.1, 0.15) is 6.42 Å². The van der Waals surface area contributed by atoms with E-state index in [1.54, 1.807) is 6.20 Å². The number of nitrogens with zero attached hydrogens (tertiary/aromatic N) is 4. The van der Waals surface area contributed by atoms with Crippen molar-refractivity contribution in [3.8, 4) is 11.4 Å². The predicted molar refractivity (Wildman–Crippen MR) is 96.2 cm³/mol. The van der Waals surface area contributed by atoms with E-state index in [1.807, 2.05) is 18.2 Å². The van der Waals surface area contributed by atoms with Crippen molar-refractivity contribution in [2.24, 2.45) is 5.92 Å². The zero-order chi connectivity index (χ0) is 16.7. The fourth-order valence-electron chi connectivity index (χ4n) is 3.14. The Balaban J connectivity index is 1.93. The van der Waals surface area contributed by atoms with Gasteiger partial charge in [0.05, 0.1) is 21.8 Å². The Kier molecular flexibility index (Phi) is 4.04. The molecule has 0 spiro atoms. The Morgan fingerprint density at radius 1 is 1.25 bits per heavy atom. The molecule has 1 aliphatic heterocycles. The number of aromatic nitrogens is 4. The molecule has 124 valence electrons. The van der Waals surface area contributed by atoms with Crippen LogP contribution in [0.4, 0.5) is 5.95 Å². The van der Waals surface area contributed by atoms with Gasteiger partial charge in [-0.2, -0.15) is 4.98 Å². The summed E-state index contributed by atoms with van der Waals surface area (Å²) in [4.78, 5) is 13.1. The van der Waals surface area contributed by atoms with E-state index in [0.717, 1.165) is 26.1 Å². The SMILES string of the molecule is Nc1ncc2nc(-c3c(Cl)cccc3Cl)n(CC3CCNC3)c2n1. The number of fused-ring (bicyclic) bond motifs is 1. The third-order valence-electron chi connectivity index (χ3n) is 4.30. The van der Waals surface area contributed by atoms with Crippen LogP contribution in [0, 0.1) is 5.92 Å². The smallest absolute Gasteiger partial charge is 0.222 e. The second-order valence-electron chi connectivity index (χ2n) is 5.94. The van der Waals surface area contributed by atoms with Gasteiger partial charge in [0.25, 0.3) is 0 Å². The summed E-state index contributed by atoms with van der Waals surface area (Å²) >= 11 is 12.8. The quantitative estimate of drug-likeness (QED) is 0.748. The van der Waals surface area contributed by atoms with Crippen LogP contribution in [0.2, 0.25) is 10.0 Å². The van der Waals surface area contributed by atoms with Gasteiger partial charge in [-0.25, -0.2) is 9.97 Å². The van der Waals surface area contributed by atoms with E-state index in [1.165, 1.54) is 0 Å². The molecule has 3 N–H and O–H groups in total. The lowest BCUT2D eigenvalue weighted by Crippen LogP contribution is -2.15. The minimum absolute atomic E-state index is 0.227. The summed E-state index contributed by atoms with van der Waals surface area (Å²) in [6, 6.07) is 5.44. The Labute approximate surface area is 149 Å². The van der Waals surface area contributed by atoms with E-state index in [-0.39, 0.29) is 5.95 Å². The monoisotopic (exact) mass is 362 g/mol. The molecule has 1 aliphatic rings. The molecule has 2 aromatic heterocycles. The van der Waals surface area contributed by atoms with E-state index in [2.05, 4.69) is 24.8 Å². The summed E-state index contributed by atoms with van der Waals surface area (Å²) in [6.45, 7) is 2.77. The fourth-order valence-corrected chi connectivity index (χ4v) is 3.70. The molecule has 24 heavy (non-hydrogen) atoms. The predicted octanol–water partition coefficient (Wildman–Crippen LogP) is 2.99. The molecular formula is C16H16Cl2N6. The largest absolute Gasteiger partial charge is 0.368 e. The van der Waals surface area contributed by atoms with Gasteiger partial charge in [-0.05, 0) is 37.6 Å². The normalized spacial score (nSPS) is 17.7. The molecule has 0 amide bonds. The second-order valence-corrected chi connectivity index (χ2v) is 6.75. The Bertz CT molecular complexity index is 881. The number of benzene rings is 1. The van der Waals surface area contributed by atoms with Crippen molar-refractivity contribution < 1.29 is 0 Å². The van der Waals surface area contributed by atoms with Crippen LogP contribution in [0.5, 0.6) is 0 Å². The highest BCUT2D eigenvalue weighted by Gasteiger charge is 2.23. The lowest BCUT2D eigenvalue weighted by molar-refractivity contribution is 0.490. The number of imidazole rings is 1. The van der Waals surface area contributed by atoms with E-state index in [9.17, 15) is 0 Å². The first kappa shape index (κ1) is 15.6. The number of nitrogens with two attached hydrogens (primary N) is 1. The summed E-state index contributed by atoms with van der Waals surface area (Å²) in [5, 5.41) is 4.50. The fraction of sp³-hybridized carbons (Fsp3) is 0.312. The van der Waals surface area contributed by atoms with Crippen molar-refractivity contribution in [3.05, 3.63) is 34.4 Å². The molecule has 0 bridgehead atoms. The lowest BCUT2D eigenvalue weighted by Gasteiger charge is -2.14. The number of rotatable bonds is 3. The minimum atomic E-state index is 0.227. The molecule has 0 saturated carbocycles. The van der Waals surface area contributed by atoms with Crippen LogP contribution in [-0.2, 0) is 6.54 Å². The maximum absolute atomic E-state index is 6.40. The molecule has 0 radical (unpaired) electrons. The third kappa shape index (κ3) is 2.70. The summed E-state index contributed by atoms with van der Waals surface area (Å²) in [5.74, 6) is 1.43.